The zero-order valence-corrected chi connectivity index (χ0v) is 9.97. The molecule has 0 unspecified atom stereocenters. The summed E-state index contributed by atoms with van der Waals surface area (Å²) in [5, 5.41) is 5.95. The van der Waals surface area contributed by atoms with E-state index < -0.39 is 10.0 Å². The topological polar surface area (TPSA) is 60.2 Å². The van der Waals surface area contributed by atoms with E-state index in [4.69, 9.17) is 5.14 Å². The predicted molar refractivity (Wildman–Crippen MR) is 60.9 cm³/mol. The number of nitrogens with two attached hydrogens (primary N) is 1. The molecule has 1 rings (SSSR count). The molecule has 2 N–H and O–H groups in total. The quantitative estimate of drug-likeness (QED) is 0.899. The molecular weight excluding hydrogens is 266 g/mol. The minimum atomic E-state index is -3.56. The highest BCUT2D eigenvalue weighted by Crippen LogP contribution is 2.18. The summed E-state index contributed by atoms with van der Waals surface area (Å²) >= 11 is 3.30. The maximum absolute atomic E-state index is 10.8. The fourth-order valence-corrected chi connectivity index (χ4v) is 2.08. The van der Waals surface area contributed by atoms with Crippen LogP contribution in [0.1, 0.15) is 12.5 Å². The summed E-state index contributed by atoms with van der Waals surface area (Å²) in [6.45, 7) is 1.70. The van der Waals surface area contributed by atoms with E-state index in [9.17, 15) is 8.42 Å². The summed E-state index contributed by atoms with van der Waals surface area (Å²) in [5.74, 6) is 0. The van der Waals surface area contributed by atoms with E-state index in [1.165, 1.54) is 0 Å². The Hall–Kier alpha value is -0.650. The second kappa shape index (κ2) is 4.25. The number of halogens is 1. The van der Waals surface area contributed by atoms with Crippen LogP contribution in [0.25, 0.3) is 5.57 Å². The Morgan fingerprint density at radius 3 is 2.64 bits per heavy atom. The van der Waals surface area contributed by atoms with Gasteiger partial charge in [-0.2, -0.15) is 0 Å². The van der Waals surface area contributed by atoms with Gasteiger partial charge in [0.15, 0.2) is 0 Å². The lowest BCUT2D eigenvalue weighted by atomic mass is 10.1. The van der Waals surface area contributed by atoms with E-state index in [0.717, 1.165) is 15.4 Å². The SMILES string of the molecule is C/C(=C\S(N)(=O)=O)c1cccc(Br)c1. The zero-order valence-electron chi connectivity index (χ0n) is 7.57. The van der Waals surface area contributed by atoms with Crippen LogP contribution in [-0.2, 0) is 10.0 Å². The highest BCUT2D eigenvalue weighted by molar-refractivity contribution is 9.10. The van der Waals surface area contributed by atoms with Crippen molar-refractivity contribution in [3.8, 4) is 0 Å². The fraction of sp³-hybridized carbons (Fsp3) is 0.111. The summed E-state index contributed by atoms with van der Waals surface area (Å²) in [6, 6.07) is 7.35. The van der Waals surface area contributed by atoms with E-state index in [1.807, 2.05) is 24.3 Å². The lowest BCUT2D eigenvalue weighted by molar-refractivity contribution is 0.606. The molecule has 0 saturated carbocycles. The monoisotopic (exact) mass is 275 g/mol. The van der Waals surface area contributed by atoms with Gasteiger partial charge in [0.25, 0.3) is 0 Å². The molecule has 0 radical (unpaired) electrons. The van der Waals surface area contributed by atoms with Gasteiger partial charge < -0.3 is 0 Å². The third-order valence-corrected chi connectivity index (χ3v) is 2.80. The number of primary sulfonamides is 1. The molecule has 3 nitrogen and oxygen atoms in total. The summed E-state index contributed by atoms with van der Waals surface area (Å²) in [5.41, 5.74) is 1.45. The van der Waals surface area contributed by atoms with Gasteiger partial charge in [-0.05, 0) is 30.2 Å². The van der Waals surface area contributed by atoms with Gasteiger partial charge in [0.05, 0.1) is 0 Å². The van der Waals surface area contributed by atoms with Crippen molar-refractivity contribution in [1.82, 2.24) is 0 Å². The first-order valence-corrected chi connectivity index (χ1v) is 6.26. The first-order valence-electron chi connectivity index (χ1n) is 3.85. The summed E-state index contributed by atoms with van der Waals surface area (Å²) in [6.07, 6.45) is 0. The van der Waals surface area contributed by atoms with Gasteiger partial charge in [-0.15, -0.1) is 0 Å². The highest BCUT2D eigenvalue weighted by Gasteiger charge is 2.01. The van der Waals surface area contributed by atoms with E-state index in [1.54, 1.807) is 6.92 Å². The number of benzene rings is 1. The second-order valence-corrected chi connectivity index (χ2v) is 5.23. The molecule has 0 amide bonds. The Kier molecular flexibility index (Phi) is 3.47. The van der Waals surface area contributed by atoms with Gasteiger partial charge in [-0.3, -0.25) is 0 Å². The van der Waals surface area contributed by atoms with Crippen molar-refractivity contribution in [2.24, 2.45) is 5.14 Å². The van der Waals surface area contributed by atoms with Gasteiger partial charge in [-0.1, -0.05) is 28.1 Å². The van der Waals surface area contributed by atoms with Crippen molar-refractivity contribution >= 4 is 31.5 Å². The van der Waals surface area contributed by atoms with Crippen LogP contribution in [0.5, 0.6) is 0 Å². The molecule has 1 aromatic carbocycles. The summed E-state index contributed by atoms with van der Waals surface area (Å²) in [7, 11) is -3.56. The van der Waals surface area contributed by atoms with Crippen LogP contribution in [0.15, 0.2) is 34.1 Å². The third kappa shape index (κ3) is 3.61. The Morgan fingerprint density at radius 2 is 2.14 bits per heavy atom. The van der Waals surface area contributed by atoms with Gasteiger partial charge >= 0.3 is 0 Å². The van der Waals surface area contributed by atoms with Crippen LogP contribution in [0.2, 0.25) is 0 Å². The molecule has 0 bridgehead atoms. The summed E-state index contributed by atoms with van der Waals surface area (Å²) in [4.78, 5) is 0. The zero-order chi connectivity index (χ0) is 10.8. The van der Waals surface area contributed by atoms with Crippen molar-refractivity contribution in [3.05, 3.63) is 39.7 Å². The Morgan fingerprint density at radius 1 is 1.50 bits per heavy atom. The lowest BCUT2D eigenvalue weighted by Gasteiger charge is -2.01. The van der Waals surface area contributed by atoms with Crippen molar-refractivity contribution in [3.63, 3.8) is 0 Å². The molecule has 0 aliphatic heterocycles. The molecule has 1 aromatic rings. The van der Waals surface area contributed by atoms with Gasteiger partial charge in [-0.25, -0.2) is 13.6 Å². The maximum Gasteiger partial charge on any atom is 0.231 e. The molecule has 0 atom stereocenters. The molecule has 76 valence electrons. The van der Waals surface area contributed by atoms with Crippen LogP contribution < -0.4 is 5.14 Å². The largest absolute Gasteiger partial charge is 0.231 e. The number of rotatable bonds is 2. The third-order valence-electron chi connectivity index (χ3n) is 1.62. The van der Waals surface area contributed by atoms with Gasteiger partial charge in [0.1, 0.15) is 0 Å². The minimum absolute atomic E-state index is 0.619. The van der Waals surface area contributed by atoms with Crippen LogP contribution in [0, 0.1) is 0 Å². The molecule has 0 spiro atoms. The van der Waals surface area contributed by atoms with Gasteiger partial charge in [0.2, 0.25) is 10.0 Å². The Labute approximate surface area is 91.8 Å². The average molecular weight is 276 g/mol. The van der Waals surface area contributed by atoms with E-state index in [2.05, 4.69) is 15.9 Å². The standard InChI is InChI=1S/C9H10BrNO2S/c1-7(6-14(11,12)13)8-3-2-4-9(10)5-8/h2-6H,1H3,(H2,11,12,13)/b7-6+. The van der Waals surface area contributed by atoms with Crippen molar-refractivity contribution in [1.29, 1.82) is 0 Å². The average Bonchev–Trinajstić information content (AvgIpc) is 2.01. The fourth-order valence-electron chi connectivity index (χ4n) is 1.05. The normalized spacial score (nSPS) is 12.9. The summed E-state index contributed by atoms with van der Waals surface area (Å²) < 4.78 is 22.5. The minimum Gasteiger partial charge on any atom is -0.225 e. The number of sulfonamides is 1. The van der Waals surface area contributed by atoms with E-state index in [-0.39, 0.29) is 0 Å². The van der Waals surface area contributed by atoms with E-state index in [0.29, 0.717) is 5.57 Å². The number of allylic oxidation sites excluding steroid dienone is 1. The lowest BCUT2D eigenvalue weighted by Crippen LogP contribution is -2.07. The first-order chi connectivity index (χ1) is 6.38. The second-order valence-electron chi connectivity index (χ2n) is 2.90. The van der Waals surface area contributed by atoms with Crippen LogP contribution in [-0.4, -0.2) is 8.42 Å². The van der Waals surface area contributed by atoms with Crippen LogP contribution in [0.4, 0.5) is 0 Å². The Bertz CT molecular complexity index is 465. The molecule has 0 aliphatic carbocycles. The van der Waals surface area contributed by atoms with Crippen LogP contribution in [0.3, 0.4) is 0 Å². The molecule has 0 saturated heterocycles. The molecule has 5 heteroatoms. The smallest absolute Gasteiger partial charge is 0.225 e. The number of hydrogen-bond donors (Lipinski definition) is 1. The maximum atomic E-state index is 10.8. The molecule has 0 aromatic heterocycles. The molecular formula is C9H10BrNO2S. The predicted octanol–water partition coefficient (Wildman–Crippen LogP) is 2.10. The molecule has 0 aliphatic rings. The first kappa shape index (κ1) is 11.4. The number of hydrogen-bond acceptors (Lipinski definition) is 2. The van der Waals surface area contributed by atoms with Crippen molar-refractivity contribution in [2.75, 3.05) is 0 Å². The van der Waals surface area contributed by atoms with Crippen LogP contribution >= 0.6 is 15.9 Å². The van der Waals surface area contributed by atoms with Gasteiger partial charge in [0, 0.05) is 9.88 Å². The van der Waals surface area contributed by atoms with Crippen molar-refractivity contribution < 1.29 is 8.42 Å². The van der Waals surface area contributed by atoms with E-state index >= 15 is 0 Å². The molecule has 0 heterocycles. The highest BCUT2D eigenvalue weighted by atomic mass is 79.9. The molecule has 14 heavy (non-hydrogen) atoms. The Balaban J connectivity index is 3.13. The molecule has 0 fully saturated rings. The van der Waals surface area contributed by atoms with Crippen molar-refractivity contribution in [2.45, 2.75) is 6.92 Å².